The molecule has 1 saturated carbocycles. The zero-order valence-corrected chi connectivity index (χ0v) is 18.5. The van der Waals surface area contributed by atoms with Gasteiger partial charge in [-0.3, -0.25) is 9.69 Å². The van der Waals surface area contributed by atoms with Gasteiger partial charge in [-0.25, -0.2) is 0 Å². The summed E-state index contributed by atoms with van der Waals surface area (Å²) >= 11 is 0. The highest BCUT2D eigenvalue weighted by atomic mass is 35.5. The van der Waals surface area contributed by atoms with Crippen LogP contribution in [0.3, 0.4) is 0 Å². The molecular formula is C26H33ClN2O. The molecule has 160 valence electrons. The summed E-state index contributed by atoms with van der Waals surface area (Å²) in [5.74, 6) is 0.863. The molecule has 0 bridgehead atoms. The van der Waals surface area contributed by atoms with Gasteiger partial charge in [-0.2, -0.15) is 0 Å². The second-order valence-corrected chi connectivity index (χ2v) is 8.38. The average Bonchev–Trinajstić information content (AvgIpc) is 2.80. The van der Waals surface area contributed by atoms with Crippen LogP contribution in [0.15, 0.2) is 60.7 Å². The van der Waals surface area contributed by atoms with Gasteiger partial charge in [-0.1, -0.05) is 73.9 Å². The molecule has 0 radical (unpaired) electrons. The number of hydrogen-bond donors (Lipinski definition) is 0. The van der Waals surface area contributed by atoms with Gasteiger partial charge in [0.15, 0.2) is 0 Å². The lowest BCUT2D eigenvalue weighted by Crippen LogP contribution is -2.47. The summed E-state index contributed by atoms with van der Waals surface area (Å²) in [6.07, 6.45) is 10.4. The van der Waals surface area contributed by atoms with E-state index in [-0.39, 0.29) is 18.3 Å². The molecule has 1 aliphatic heterocycles. The Labute approximate surface area is 187 Å². The highest BCUT2D eigenvalue weighted by Gasteiger charge is 2.22. The van der Waals surface area contributed by atoms with Crippen LogP contribution in [0.2, 0.25) is 0 Å². The Morgan fingerprint density at radius 3 is 2.27 bits per heavy atom. The second kappa shape index (κ2) is 11.3. The number of hydrogen-bond acceptors (Lipinski definition) is 2. The van der Waals surface area contributed by atoms with Crippen LogP contribution in [0.25, 0.3) is 6.08 Å². The van der Waals surface area contributed by atoms with Gasteiger partial charge in [0.1, 0.15) is 0 Å². The molecule has 3 nitrogen and oxygen atoms in total. The summed E-state index contributed by atoms with van der Waals surface area (Å²) in [6.45, 7) is 4.52. The summed E-state index contributed by atoms with van der Waals surface area (Å²) in [5.41, 5.74) is 4.12. The van der Waals surface area contributed by atoms with Gasteiger partial charge in [0.05, 0.1) is 0 Å². The van der Waals surface area contributed by atoms with Crippen molar-refractivity contribution in [3.63, 3.8) is 0 Å². The maximum Gasteiger partial charge on any atom is 0.246 e. The summed E-state index contributed by atoms with van der Waals surface area (Å²) in [6, 6.07) is 19.0. The molecule has 2 aliphatic rings. The highest BCUT2D eigenvalue weighted by Crippen LogP contribution is 2.34. The lowest BCUT2D eigenvalue weighted by Gasteiger charge is -2.35. The van der Waals surface area contributed by atoms with Crippen molar-refractivity contribution in [3.8, 4) is 0 Å². The van der Waals surface area contributed by atoms with E-state index >= 15 is 0 Å². The first-order chi connectivity index (χ1) is 14.3. The van der Waals surface area contributed by atoms with Gasteiger partial charge in [0, 0.05) is 38.8 Å². The Balaban J connectivity index is 0.00000256. The number of nitrogens with zero attached hydrogens (tertiary/aromatic N) is 2. The lowest BCUT2D eigenvalue weighted by atomic mass is 9.82. The van der Waals surface area contributed by atoms with Crippen LogP contribution >= 0.6 is 12.4 Å². The molecule has 0 spiro atoms. The molecule has 1 amide bonds. The Bertz CT molecular complexity index is 822. The Hall–Kier alpha value is -2.10. The van der Waals surface area contributed by atoms with Crippen molar-refractivity contribution in [1.29, 1.82) is 0 Å². The number of piperazine rings is 1. The first-order valence-electron chi connectivity index (χ1n) is 11.1. The minimum absolute atomic E-state index is 0. The average molecular weight is 425 g/mol. The van der Waals surface area contributed by atoms with E-state index in [0.717, 1.165) is 44.2 Å². The molecule has 1 heterocycles. The molecule has 2 aromatic carbocycles. The van der Waals surface area contributed by atoms with Crippen molar-refractivity contribution in [1.82, 2.24) is 9.80 Å². The van der Waals surface area contributed by atoms with E-state index in [0.29, 0.717) is 0 Å². The molecule has 30 heavy (non-hydrogen) atoms. The third-order valence-electron chi connectivity index (χ3n) is 6.40. The smallest absolute Gasteiger partial charge is 0.246 e. The molecular weight excluding hydrogens is 392 g/mol. The van der Waals surface area contributed by atoms with Gasteiger partial charge in [-0.15, -0.1) is 12.4 Å². The van der Waals surface area contributed by atoms with Gasteiger partial charge in [0.2, 0.25) is 5.91 Å². The van der Waals surface area contributed by atoms with Crippen LogP contribution in [0.5, 0.6) is 0 Å². The fourth-order valence-electron chi connectivity index (χ4n) is 4.69. The summed E-state index contributed by atoms with van der Waals surface area (Å²) < 4.78 is 0. The summed E-state index contributed by atoms with van der Waals surface area (Å²) in [5, 5.41) is 0. The molecule has 0 atom stereocenters. The third-order valence-corrected chi connectivity index (χ3v) is 6.40. The maximum absolute atomic E-state index is 12.5. The number of benzene rings is 2. The molecule has 2 fully saturated rings. The van der Waals surface area contributed by atoms with Gasteiger partial charge in [-0.05, 0) is 41.5 Å². The van der Waals surface area contributed by atoms with Crippen LogP contribution < -0.4 is 0 Å². The van der Waals surface area contributed by atoms with E-state index in [1.165, 1.54) is 37.7 Å². The van der Waals surface area contributed by atoms with Crippen LogP contribution in [0.4, 0.5) is 0 Å². The van der Waals surface area contributed by atoms with Crippen molar-refractivity contribution in [2.75, 3.05) is 26.2 Å². The molecule has 4 heteroatoms. The summed E-state index contributed by atoms with van der Waals surface area (Å²) in [7, 11) is 0. The summed E-state index contributed by atoms with van der Waals surface area (Å²) in [4.78, 5) is 17.0. The first-order valence-corrected chi connectivity index (χ1v) is 11.1. The zero-order valence-electron chi connectivity index (χ0n) is 17.7. The Morgan fingerprint density at radius 2 is 1.53 bits per heavy atom. The first kappa shape index (κ1) is 22.6. The van der Waals surface area contributed by atoms with Crippen molar-refractivity contribution in [3.05, 3.63) is 77.4 Å². The fourth-order valence-corrected chi connectivity index (χ4v) is 4.69. The Kier molecular flexibility index (Phi) is 8.53. The highest BCUT2D eigenvalue weighted by molar-refractivity contribution is 5.91. The van der Waals surface area contributed by atoms with E-state index in [4.69, 9.17) is 0 Å². The Morgan fingerprint density at radius 1 is 0.867 bits per heavy atom. The second-order valence-electron chi connectivity index (χ2n) is 8.38. The maximum atomic E-state index is 12.5. The van der Waals surface area contributed by atoms with E-state index in [1.54, 1.807) is 11.6 Å². The molecule has 0 unspecified atom stereocenters. The molecule has 2 aromatic rings. The topological polar surface area (TPSA) is 23.6 Å². The number of carbonyl (C=O) groups excluding carboxylic acids is 1. The third kappa shape index (κ3) is 5.96. The minimum Gasteiger partial charge on any atom is -0.337 e. The monoisotopic (exact) mass is 424 g/mol. The predicted molar refractivity (Wildman–Crippen MR) is 127 cm³/mol. The van der Waals surface area contributed by atoms with Crippen LogP contribution in [-0.4, -0.2) is 41.9 Å². The van der Waals surface area contributed by atoms with Crippen molar-refractivity contribution in [2.45, 2.75) is 44.6 Å². The number of halogens is 1. The van der Waals surface area contributed by atoms with Crippen LogP contribution in [0, 0.1) is 0 Å². The van der Waals surface area contributed by atoms with E-state index in [9.17, 15) is 4.79 Å². The molecule has 4 rings (SSSR count). The van der Waals surface area contributed by atoms with E-state index in [2.05, 4.69) is 29.2 Å². The minimum atomic E-state index is 0. The number of amides is 1. The van der Waals surface area contributed by atoms with Crippen molar-refractivity contribution < 1.29 is 4.79 Å². The van der Waals surface area contributed by atoms with Crippen LogP contribution in [-0.2, 0) is 11.3 Å². The molecule has 0 N–H and O–H groups in total. The van der Waals surface area contributed by atoms with E-state index < -0.39 is 0 Å². The SMILES string of the molecule is Cl.O=C(C=Cc1ccccc1)N1CCN(Cc2ccccc2C2CCCCC2)CC1. The fraction of sp³-hybridized carbons (Fsp3) is 0.423. The molecule has 1 aliphatic carbocycles. The normalized spacial score (nSPS) is 18.3. The number of rotatable bonds is 5. The van der Waals surface area contributed by atoms with Gasteiger partial charge in [0.25, 0.3) is 0 Å². The van der Waals surface area contributed by atoms with Gasteiger partial charge < -0.3 is 4.90 Å². The van der Waals surface area contributed by atoms with Crippen molar-refractivity contribution >= 4 is 24.4 Å². The molecule has 0 aromatic heterocycles. The van der Waals surface area contributed by atoms with Crippen molar-refractivity contribution in [2.24, 2.45) is 0 Å². The quantitative estimate of drug-likeness (QED) is 0.590. The van der Waals surface area contributed by atoms with Gasteiger partial charge >= 0.3 is 0 Å². The number of carbonyl (C=O) groups is 1. The van der Waals surface area contributed by atoms with Crippen LogP contribution in [0.1, 0.15) is 54.7 Å². The zero-order chi connectivity index (χ0) is 19.9. The van der Waals surface area contributed by atoms with E-state index in [1.807, 2.05) is 41.3 Å². The largest absolute Gasteiger partial charge is 0.337 e. The predicted octanol–water partition coefficient (Wildman–Crippen LogP) is 5.51. The molecule has 1 saturated heterocycles. The lowest BCUT2D eigenvalue weighted by molar-refractivity contribution is -0.127. The standard InChI is InChI=1S/C26H32N2O.ClH/c29-26(16-15-22-9-3-1-4-10-22)28-19-17-27(18-20-28)21-24-13-7-8-14-25(24)23-11-5-2-6-12-23;/h1,3-4,7-10,13-16,23H,2,5-6,11-12,17-21H2;1H.